The first-order chi connectivity index (χ1) is 7.84. The molecule has 0 aromatic heterocycles. The highest BCUT2D eigenvalue weighted by Crippen LogP contribution is 2.27. The first-order valence-electron chi connectivity index (χ1n) is 5.00. The average Bonchev–Trinajstić information content (AvgIpc) is 2.19. The summed E-state index contributed by atoms with van der Waals surface area (Å²) in [6.07, 6.45) is -4.39. The van der Waals surface area contributed by atoms with Gasteiger partial charge < -0.3 is 10.5 Å². The van der Waals surface area contributed by atoms with Crippen molar-refractivity contribution in [1.82, 2.24) is 0 Å². The van der Waals surface area contributed by atoms with Gasteiger partial charge in [-0.1, -0.05) is 0 Å². The molecule has 6 heteroatoms. The Bertz CT molecular complexity index is 378. The Morgan fingerprint density at radius 1 is 1.35 bits per heavy atom. The highest BCUT2D eigenvalue weighted by molar-refractivity contribution is 5.32. The first-order valence-corrected chi connectivity index (χ1v) is 5.00. The van der Waals surface area contributed by atoms with Crippen molar-refractivity contribution in [2.75, 3.05) is 13.2 Å². The van der Waals surface area contributed by atoms with Crippen LogP contribution in [0, 0.1) is 18.7 Å². The highest BCUT2D eigenvalue weighted by Gasteiger charge is 2.39. The minimum Gasteiger partial charge on any atom is -0.493 e. The Kier molecular flexibility index (Phi) is 4.34. The zero-order chi connectivity index (χ0) is 13.1. The zero-order valence-corrected chi connectivity index (χ0v) is 9.22. The van der Waals surface area contributed by atoms with Gasteiger partial charge >= 0.3 is 6.18 Å². The summed E-state index contributed by atoms with van der Waals surface area (Å²) >= 11 is 0. The van der Waals surface area contributed by atoms with Gasteiger partial charge in [-0.05, 0) is 30.7 Å². The molecule has 2 nitrogen and oxygen atoms in total. The number of hydrogen-bond donors (Lipinski definition) is 1. The van der Waals surface area contributed by atoms with Crippen LogP contribution in [-0.2, 0) is 0 Å². The second-order valence-corrected chi connectivity index (χ2v) is 3.70. The molecule has 17 heavy (non-hydrogen) atoms. The lowest BCUT2D eigenvalue weighted by Gasteiger charge is -2.19. The van der Waals surface area contributed by atoms with Crippen molar-refractivity contribution in [3.05, 3.63) is 29.6 Å². The van der Waals surface area contributed by atoms with Crippen LogP contribution in [0.5, 0.6) is 5.75 Å². The summed E-state index contributed by atoms with van der Waals surface area (Å²) in [5, 5.41) is 0. The Morgan fingerprint density at radius 2 is 2.00 bits per heavy atom. The van der Waals surface area contributed by atoms with E-state index in [1.807, 2.05) is 0 Å². The number of ether oxygens (including phenoxy) is 1. The molecule has 0 aliphatic heterocycles. The van der Waals surface area contributed by atoms with E-state index in [9.17, 15) is 17.6 Å². The van der Waals surface area contributed by atoms with Crippen molar-refractivity contribution in [1.29, 1.82) is 0 Å². The van der Waals surface area contributed by atoms with Crippen LogP contribution in [0.15, 0.2) is 18.2 Å². The van der Waals surface area contributed by atoms with E-state index in [-0.39, 0.29) is 5.75 Å². The molecule has 0 radical (unpaired) electrons. The number of benzene rings is 1. The highest BCUT2D eigenvalue weighted by atomic mass is 19.4. The van der Waals surface area contributed by atoms with Gasteiger partial charge in [0.25, 0.3) is 0 Å². The third-order valence-electron chi connectivity index (χ3n) is 2.32. The fourth-order valence-electron chi connectivity index (χ4n) is 1.26. The minimum absolute atomic E-state index is 0.231. The lowest BCUT2D eigenvalue weighted by atomic mass is 10.1. The van der Waals surface area contributed by atoms with Crippen molar-refractivity contribution < 1.29 is 22.3 Å². The molecule has 0 amide bonds. The van der Waals surface area contributed by atoms with E-state index in [1.165, 1.54) is 12.1 Å². The Morgan fingerprint density at radius 3 is 2.47 bits per heavy atom. The number of alkyl halides is 3. The Balaban J connectivity index is 2.66. The maximum atomic E-state index is 12.7. The maximum absolute atomic E-state index is 12.7. The van der Waals surface area contributed by atoms with Crippen molar-refractivity contribution in [2.24, 2.45) is 11.7 Å². The minimum atomic E-state index is -4.39. The average molecular weight is 251 g/mol. The Hall–Kier alpha value is -1.30. The van der Waals surface area contributed by atoms with Crippen LogP contribution in [-0.4, -0.2) is 19.3 Å². The number of hydrogen-bond acceptors (Lipinski definition) is 2. The molecule has 0 fully saturated rings. The molecule has 2 N–H and O–H groups in total. The number of aryl methyl sites for hydroxylation is 1. The quantitative estimate of drug-likeness (QED) is 0.835. The molecule has 0 aliphatic carbocycles. The van der Waals surface area contributed by atoms with Gasteiger partial charge in [-0.25, -0.2) is 4.39 Å². The van der Waals surface area contributed by atoms with Gasteiger partial charge in [0.15, 0.2) is 0 Å². The number of halogens is 4. The molecule has 1 aromatic carbocycles. The van der Waals surface area contributed by atoms with E-state index < -0.39 is 31.1 Å². The summed E-state index contributed by atoms with van der Waals surface area (Å²) in [4.78, 5) is 0. The largest absolute Gasteiger partial charge is 0.493 e. The predicted molar refractivity (Wildman–Crippen MR) is 55.2 cm³/mol. The molecule has 0 saturated heterocycles. The fourth-order valence-corrected chi connectivity index (χ4v) is 1.26. The van der Waals surface area contributed by atoms with Gasteiger partial charge in [0.1, 0.15) is 24.1 Å². The monoisotopic (exact) mass is 251 g/mol. The van der Waals surface area contributed by atoms with E-state index >= 15 is 0 Å². The van der Waals surface area contributed by atoms with Gasteiger partial charge in [-0.3, -0.25) is 0 Å². The van der Waals surface area contributed by atoms with Crippen molar-refractivity contribution in [2.45, 2.75) is 13.1 Å². The van der Waals surface area contributed by atoms with Crippen LogP contribution in [0.4, 0.5) is 17.6 Å². The second kappa shape index (κ2) is 5.35. The maximum Gasteiger partial charge on any atom is 0.396 e. The topological polar surface area (TPSA) is 35.2 Å². The van der Waals surface area contributed by atoms with Crippen LogP contribution in [0.1, 0.15) is 5.56 Å². The summed E-state index contributed by atoms with van der Waals surface area (Å²) in [5.41, 5.74) is 5.47. The Labute approximate surface area is 96.4 Å². The zero-order valence-electron chi connectivity index (χ0n) is 9.22. The number of nitrogens with two attached hydrogens (primary N) is 1. The fraction of sp³-hybridized carbons (Fsp3) is 0.455. The molecule has 96 valence electrons. The predicted octanol–water partition coefficient (Wildman–Crippen LogP) is 2.65. The van der Waals surface area contributed by atoms with Gasteiger partial charge in [-0.2, -0.15) is 13.2 Å². The molecule has 1 unspecified atom stereocenters. The van der Waals surface area contributed by atoms with Crippen molar-refractivity contribution in [3.63, 3.8) is 0 Å². The smallest absolute Gasteiger partial charge is 0.396 e. The molecular formula is C11H13F4NO. The van der Waals surface area contributed by atoms with Crippen LogP contribution < -0.4 is 10.5 Å². The lowest BCUT2D eigenvalue weighted by molar-refractivity contribution is -0.178. The lowest BCUT2D eigenvalue weighted by Crippen LogP contribution is -2.35. The molecule has 1 rings (SSSR count). The molecule has 0 aliphatic rings. The summed E-state index contributed by atoms with van der Waals surface area (Å²) in [6.45, 7) is 0.458. The van der Waals surface area contributed by atoms with Crippen LogP contribution >= 0.6 is 0 Å². The third kappa shape index (κ3) is 3.89. The van der Waals surface area contributed by atoms with Gasteiger partial charge in [0.2, 0.25) is 0 Å². The van der Waals surface area contributed by atoms with Crippen molar-refractivity contribution >= 4 is 0 Å². The van der Waals surface area contributed by atoms with E-state index in [4.69, 9.17) is 10.5 Å². The normalized spacial score (nSPS) is 13.5. The van der Waals surface area contributed by atoms with Gasteiger partial charge in [0, 0.05) is 6.54 Å². The molecule has 1 atom stereocenters. The van der Waals surface area contributed by atoms with E-state index in [0.29, 0.717) is 5.56 Å². The van der Waals surface area contributed by atoms with E-state index in [0.717, 1.165) is 6.07 Å². The SMILES string of the molecule is Cc1cc(F)ccc1OCC(CN)C(F)(F)F. The van der Waals surface area contributed by atoms with E-state index in [2.05, 4.69) is 0 Å². The first kappa shape index (κ1) is 13.8. The van der Waals surface area contributed by atoms with Crippen molar-refractivity contribution in [3.8, 4) is 5.75 Å². The molecule has 0 saturated carbocycles. The summed E-state index contributed by atoms with van der Waals surface area (Å²) < 4.78 is 54.9. The molecule has 0 bridgehead atoms. The molecular weight excluding hydrogens is 238 g/mol. The summed E-state index contributed by atoms with van der Waals surface area (Å²) in [7, 11) is 0. The van der Waals surface area contributed by atoms with Gasteiger partial charge in [0.05, 0.1) is 0 Å². The molecule has 0 spiro atoms. The molecule has 1 aromatic rings. The summed E-state index contributed by atoms with van der Waals surface area (Å²) in [5.74, 6) is -1.94. The summed E-state index contributed by atoms with van der Waals surface area (Å²) in [6, 6.07) is 3.63. The van der Waals surface area contributed by atoms with Crippen LogP contribution in [0.3, 0.4) is 0 Å². The van der Waals surface area contributed by atoms with Crippen LogP contribution in [0.2, 0.25) is 0 Å². The van der Waals surface area contributed by atoms with Crippen LogP contribution in [0.25, 0.3) is 0 Å². The standard InChI is InChI=1S/C11H13F4NO/c1-7-4-9(12)2-3-10(7)17-6-8(5-16)11(13,14)15/h2-4,8H,5-6,16H2,1H3. The molecule has 0 heterocycles. The third-order valence-corrected chi connectivity index (χ3v) is 2.32. The second-order valence-electron chi connectivity index (χ2n) is 3.70. The van der Waals surface area contributed by atoms with E-state index in [1.54, 1.807) is 6.92 Å². The number of rotatable bonds is 4. The van der Waals surface area contributed by atoms with Gasteiger partial charge in [-0.15, -0.1) is 0 Å².